The second-order valence-corrected chi connectivity index (χ2v) is 8.24. The zero-order chi connectivity index (χ0) is 20.9. The number of hydrogen-bond donors (Lipinski definition) is 3. The van der Waals surface area contributed by atoms with Gasteiger partial charge in [0.05, 0.1) is 30.8 Å². The van der Waals surface area contributed by atoms with E-state index in [1.165, 1.54) is 7.05 Å². The second-order valence-electron chi connectivity index (χ2n) is 8.24. The van der Waals surface area contributed by atoms with Gasteiger partial charge in [0, 0.05) is 36.1 Å². The number of ether oxygens (including phenoxy) is 2. The summed E-state index contributed by atoms with van der Waals surface area (Å²) in [6.07, 6.45) is 0. The lowest BCUT2D eigenvalue weighted by atomic mass is 9.76. The van der Waals surface area contributed by atoms with Crippen LogP contribution in [0.5, 0.6) is 5.75 Å². The summed E-state index contributed by atoms with van der Waals surface area (Å²) in [5, 5.41) is 16.1. The van der Waals surface area contributed by atoms with Crippen LogP contribution in [-0.2, 0) is 10.2 Å². The summed E-state index contributed by atoms with van der Waals surface area (Å²) in [6.45, 7) is 1.35. The molecule has 156 valence electrons. The Kier molecular flexibility index (Phi) is 4.52. The number of carbonyl (C=O) groups is 2. The molecule has 0 unspecified atom stereocenters. The first-order chi connectivity index (χ1) is 14.6. The fraction of sp³-hybridized carbons (Fsp3) is 0.391. The Morgan fingerprint density at radius 3 is 2.53 bits per heavy atom. The first-order valence-corrected chi connectivity index (χ1v) is 10.2. The van der Waals surface area contributed by atoms with E-state index >= 15 is 0 Å². The van der Waals surface area contributed by atoms with Gasteiger partial charge in [-0.25, -0.2) is 0 Å². The predicted octanol–water partition coefficient (Wildman–Crippen LogP) is 1.09. The van der Waals surface area contributed by atoms with Crippen molar-refractivity contribution in [1.82, 2.24) is 10.6 Å². The molecule has 2 aromatic carbocycles. The monoisotopic (exact) mass is 408 g/mol. The molecule has 2 amide bonds. The highest BCUT2D eigenvalue weighted by atomic mass is 16.5. The molecule has 7 heteroatoms. The van der Waals surface area contributed by atoms with Crippen molar-refractivity contribution in [3.63, 3.8) is 0 Å². The summed E-state index contributed by atoms with van der Waals surface area (Å²) in [7, 11) is 1.54. The van der Waals surface area contributed by atoms with Crippen LogP contribution >= 0.6 is 0 Å². The van der Waals surface area contributed by atoms with Crippen molar-refractivity contribution in [2.75, 3.05) is 33.5 Å². The normalized spacial score (nSPS) is 28.3. The van der Waals surface area contributed by atoms with Crippen molar-refractivity contribution in [2.24, 2.45) is 11.8 Å². The lowest BCUT2D eigenvalue weighted by Gasteiger charge is -2.26. The molecule has 1 saturated carbocycles. The molecule has 3 N–H and O–H groups in total. The molecular formula is C23H24N2O5. The van der Waals surface area contributed by atoms with Gasteiger partial charge in [0.15, 0.2) is 0 Å². The molecule has 2 aliphatic heterocycles. The molecule has 2 heterocycles. The van der Waals surface area contributed by atoms with Crippen LogP contribution in [0.2, 0.25) is 0 Å². The van der Waals surface area contributed by atoms with Crippen molar-refractivity contribution in [1.29, 1.82) is 0 Å². The van der Waals surface area contributed by atoms with Gasteiger partial charge < -0.3 is 25.2 Å². The summed E-state index contributed by atoms with van der Waals surface area (Å²) in [5.74, 6) is 0.617. The third-order valence-electron chi connectivity index (χ3n) is 6.65. The Balaban J connectivity index is 1.57. The van der Waals surface area contributed by atoms with E-state index in [0.29, 0.717) is 47.5 Å². The van der Waals surface area contributed by atoms with Gasteiger partial charge >= 0.3 is 0 Å². The van der Waals surface area contributed by atoms with Gasteiger partial charge in [0.25, 0.3) is 11.8 Å². The summed E-state index contributed by atoms with van der Waals surface area (Å²) in [4.78, 5) is 25.6. The van der Waals surface area contributed by atoms with Crippen molar-refractivity contribution in [2.45, 2.75) is 11.5 Å². The van der Waals surface area contributed by atoms with Crippen molar-refractivity contribution in [3.05, 3.63) is 64.7 Å². The number of hydrogen-bond acceptors (Lipinski definition) is 5. The van der Waals surface area contributed by atoms with Crippen LogP contribution in [0.25, 0.3) is 0 Å². The number of aliphatic hydroxyl groups is 1. The van der Waals surface area contributed by atoms with Gasteiger partial charge in [-0.3, -0.25) is 9.59 Å². The quantitative estimate of drug-likeness (QED) is 0.688. The van der Waals surface area contributed by atoms with E-state index in [-0.39, 0.29) is 31.1 Å². The minimum absolute atomic E-state index is 0.121. The molecule has 5 rings (SSSR count). The van der Waals surface area contributed by atoms with Crippen LogP contribution in [0.4, 0.5) is 0 Å². The smallest absolute Gasteiger partial charge is 0.254 e. The molecule has 4 atom stereocenters. The average Bonchev–Trinajstić information content (AvgIpc) is 3.14. The number of benzene rings is 2. The SMILES string of the molecule is CNC(=O)c1cc(C(=O)N[C@H]2[C@@H]3COC[C@@H]32)cc2c1OC[C@@]2(CO)c1ccccc1. The average molecular weight is 408 g/mol. The lowest BCUT2D eigenvalue weighted by Crippen LogP contribution is -2.34. The standard InChI is InChI=1S/C23H24N2O5/c1-24-22(28)15-7-13(21(27)25-19-16-9-29-10-17(16)19)8-18-20(15)30-12-23(18,11-26)14-5-3-2-4-6-14/h2-8,16-17,19,26H,9-12H2,1H3,(H,24,28)(H,25,27)/t16-,17+,19+,23-/m0/s1. The topological polar surface area (TPSA) is 96.9 Å². The molecule has 7 nitrogen and oxygen atoms in total. The highest BCUT2D eigenvalue weighted by Crippen LogP contribution is 2.47. The fourth-order valence-corrected chi connectivity index (χ4v) is 4.75. The van der Waals surface area contributed by atoms with E-state index in [1.807, 2.05) is 30.3 Å². The number of fused-ring (bicyclic) bond motifs is 2. The van der Waals surface area contributed by atoms with Gasteiger partial charge in [-0.15, -0.1) is 0 Å². The molecule has 2 aromatic rings. The van der Waals surface area contributed by atoms with Gasteiger partial charge in [-0.05, 0) is 17.7 Å². The first kappa shape index (κ1) is 19.1. The number of aliphatic hydroxyl groups excluding tert-OH is 1. The number of carbonyl (C=O) groups excluding carboxylic acids is 2. The Morgan fingerprint density at radius 2 is 1.87 bits per heavy atom. The molecule has 3 aliphatic rings. The minimum Gasteiger partial charge on any atom is -0.491 e. The summed E-state index contributed by atoms with van der Waals surface area (Å²) < 4.78 is 11.3. The maximum atomic E-state index is 13.0. The number of rotatable bonds is 5. The maximum absolute atomic E-state index is 13.0. The third-order valence-corrected chi connectivity index (χ3v) is 6.65. The van der Waals surface area contributed by atoms with Gasteiger partial charge in [-0.1, -0.05) is 30.3 Å². The summed E-state index contributed by atoms with van der Waals surface area (Å²) >= 11 is 0. The van der Waals surface area contributed by atoms with Crippen LogP contribution in [0, 0.1) is 11.8 Å². The van der Waals surface area contributed by atoms with E-state index < -0.39 is 5.41 Å². The molecule has 0 aromatic heterocycles. The fourth-order valence-electron chi connectivity index (χ4n) is 4.75. The molecule has 1 aliphatic carbocycles. The molecule has 2 fully saturated rings. The van der Waals surface area contributed by atoms with E-state index in [9.17, 15) is 14.7 Å². The predicted molar refractivity (Wildman–Crippen MR) is 109 cm³/mol. The summed E-state index contributed by atoms with van der Waals surface area (Å²) in [5.41, 5.74) is 1.38. The Hall–Kier alpha value is -2.90. The van der Waals surface area contributed by atoms with E-state index in [2.05, 4.69) is 10.6 Å². The van der Waals surface area contributed by atoms with Crippen molar-refractivity contribution >= 4 is 11.8 Å². The molecule has 0 spiro atoms. The van der Waals surface area contributed by atoms with E-state index in [4.69, 9.17) is 9.47 Å². The van der Waals surface area contributed by atoms with Crippen molar-refractivity contribution in [3.8, 4) is 5.75 Å². The van der Waals surface area contributed by atoms with Crippen LogP contribution in [0.3, 0.4) is 0 Å². The second kappa shape index (κ2) is 7.11. The van der Waals surface area contributed by atoms with Gasteiger partial charge in [-0.2, -0.15) is 0 Å². The molecule has 30 heavy (non-hydrogen) atoms. The minimum atomic E-state index is -0.834. The molecule has 0 bridgehead atoms. The van der Waals surface area contributed by atoms with Crippen molar-refractivity contribution < 1.29 is 24.2 Å². The molecular weight excluding hydrogens is 384 g/mol. The summed E-state index contributed by atoms with van der Waals surface area (Å²) in [6, 6.07) is 13.0. The van der Waals surface area contributed by atoms with Gasteiger partial charge in [0.2, 0.25) is 0 Å². The zero-order valence-corrected chi connectivity index (χ0v) is 16.7. The van der Waals surface area contributed by atoms with Gasteiger partial charge in [0.1, 0.15) is 12.4 Å². The number of nitrogens with one attached hydrogen (secondary N) is 2. The molecule has 0 radical (unpaired) electrons. The van der Waals surface area contributed by atoms with E-state index in [1.54, 1.807) is 12.1 Å². The Morgan fingerprint density at radius 1 is 1.13 bits per heavy atom. The highest BCUT2D eigenvalue weighted by molar-refractivity contribution is 6.02. The Labute approximate surface area is 174 Å². The Bertz CT molecular complexity index is 998. The highest BCUT2D eigenvalue weighted by Gasteiger charge is 2.55. The van der Waals surface area contributed by atoms with Crippen LogP contribution in [0.1, 0.15) is 31.8 Å². The largest absolute Gasteiger partial charge is 0.491 e. The maximum Gasteiger partial charge on any atom is 0.254 e. The third kappa shape index (κ3) is 2.80. The lowest BCUT2D eigenvalue weighted by molar-refractivity contribution is 0.0928. The van der Waals surface area contributed by atoms with Crippen LogP contribution < -0.4 is 15.4 Å². The van der Waals surface area contributed by atoms with E-state index in [0.717, 1.165) is 5.56 Å². The zero-order valence-electron chi connectivity index (χ0n) is 16.7. The molecule has 1 saturated heterocycles. The first-order valence-electron chi connectivity index (χ1n) is 10.2. The van der Waals surface area contributed by atoms with Crippen LogP contribution in [0.15, 0.2) is 42.5 Å². The number of amides is 2. The van der Waals surface area contributed by atoms with Crippen LogP contribution in [-0.4, -0.2) is 56.4 Å².